The minimum Gasteiger partial charge on any atom is -0.383 e. The van der Waals surface area contributed by atoms with Crippen molar-refractivity contribution >= 4 is 11.4 Å². The Morgan fingerprint density at radius 1 is 1.00 bits per heavy atom. The van der Waals surface area contributed by atoms with E-state index in [1.54, 1.807) is 6.07 Å². The van der Waals surface area contributed by atoms with Crippen LogP contribution < -0.4 is 10.6 Å². The summed E-state index contributed by atoms with van der Waals surface area (Å²) in [5, 5.41) is 6.61. The van der Waals surface area contributed by atoms with Gasteiger partial charge in [0.2, 0.25) is 0 Å². The van der Waals surface area contributed by atoms with Gasteiger partial charge in [-0.15, -0.1) is 0 Å². The molecular formula is C14H17F3N2. The van der Waals surface area contributed by atoms with Crippen LogP contribution in [0.1, 0.15) is 37.7 Å². The minimum absolute atomic E-state index is 0.0813. The maximum Gasteiger partial charge on any atom is 0.416 e. The first-order valence-corrected chi connectivity index (χ1v) is 6.72. The van der Waals surface area contributed by atoms with Crippen LogP contribution >= 0.6 is 0 Å². The van der Waals surface area contributed by atoms with Crippen molar-refractivity contribution in [1.29, 1.82) is 0 Å². The third-order valence-electron chi connectivity index (χ3n) is 4.23. The van der Waals surface area contributed by atoms with E-state index in [1.807, 2.05) is 0 Å². The van der Waals surface area contributed by atoms with E-state index in [0.717, 1.165) is 37.6 Å². The Labute approximate surface area is 110 Å². The monoisotopic (exact) mass is 270 g/mol. The molecule has 0 unspecified atom stereocenters. The van der Waals surface area contributed by atoms with Crippen molar-refractivity contribution < 1.29 is 13.2 Å². The van der Waals surface area contributed by atoms with Crippen LogP contribution in [0.5, 0.6) is 0 Å². The molecule has 1 aliphatic carbocycles. The molecular weight excluding hydrogens is 253 g/mol. The highest BCUT2D eigenvalue weighted by atomic mass is 19.4. The van der Waals surface area contributed by atoms with Crippen LogP contribution in [0.2, 0.25) is 0 Å². The first-order chi connectivity index (χ1) is 8.99. The lowest BCUT2D eigenvalue weighted by Gasteiger charge is -2.29. The molecule has 1 aromatic rings. The molecule has 2 aliphatic rings. The van der Waals surface area contributed by atoms with Gasteiger partial charge in [-0.2, -0.15) is 13.2 Å². The minimum atomic E-state index is -4.28. The van der Waals surface area contributed by atoms with Gasteiger partial charge in [0.05, 0.1) is 16.9 Å². The highest BCUT2D eigenvalue weighted by molar-refractivity contribution is 5.71. The molecule has 104 valence electrons. The number of hydrogen-bond acceptors (Lipinski definition) is 2. The van der Waals surface area contributed by atoms with Gasteiger partial charge in [0.15, 0.2) is 0 Å². The molecule has 0 bridgehead atoms. The lowest BCUT2D eigenvalue weighted by molar-refractivity contribution is -0.137. The molecule has 1 heterocycles. The van der Waals surface area contributed by atoms with Gasteiger partial charge in [-0.1, -0.05) is 12.8 Å². The fourth-order valence-electron chi connectivity index (χ4n) is 3.19. The van der Waals surface area contributed by atoms with Gasteiger partial charge >= 0.3 is 6.18 Å². The van der Waals surface area contributed by atoms with Crippen molar-refractivity contribution in [2.24, 2.45) is 0 Å². The number of benzene rings is 1. The second-order valence-corrected chi connectivity index (χ2v) is 5.55. The summed E-state index contributed by atoms with van der Waals surface area (Å²) in [6, 6.07) is 3.91. The molecule has 0 radical (unpaired) electrons. The lowest BCUT2D eigenvalue weighted by atomic mass is 9.93. The fourth-order valence-corrected chi connectivity index (χ4v) is 3.19. The highest BCUT2D eigenvalue weighted by Crippen LogP contribution is 2.41. The average molecular weight is 270 g/mol. The van der Waals surface area contributed by atoms with Crippen LogP contribution in [0, 0.1) is 0 Å². The fraction of sp³-hybridized carbons (Fsp3) is 0.571. The quantitative estimate of drug-likeness (QED) is 0.736. The molecule has 0 aromatic heterocycles. The molecule has 1 aromatic carbocycles. The zero-order valence-electron chi connectivity index (χ0n) is 10.6. The molecule has 2 nitrogen and oxygen atoms in total. The standard InChI is InChI=1S/C14H17F3N2/c15-14(16,17)10-3-4-11-12(9-10)18-8-7-13(19-11)5-1-2-6-13/h3-4,9,18-19H,1-2,5-8H2. The molecule has 0 saturated heterocycles. The predicted octanol–water partition coefficient (Wildman–Crippen LogP) is 4.25. The van der Waals surface area contributed by atoms with Crippen molar-refractivity contribution in [1.82, 2.24) is 0 Å². The number of rotatable bonds is 0. The summed E-state index contributed by atoms with van der Waals surface area (Å²) >= 11 is 0. The van der Waals surface area contributed by atoms with Crippen LogP contribution in [-0.4, -0.2) is 12.1 Å². The van der Waals surface area contributed by atoms with E-state index in [9.17, 15) is 13.2 Å². The molecule has 1 spiro atoms. The molecule has 0 amide bonds. The molecule has 1 saturated carbocycles. The van der Waals surface area contributed by atoms with Gasteiger partial charge in [0, 0.05) is 12.1 Å². The Balaban J connectivity index is 1.93. The molecule has 1 aliphatic heterocycles. The number of halogens is 3. The number of nitrogens with one attached hydrogen (secondary N) is 2. The van der Waals surface area contributed by atoms with Gasteiger partial charge in [-0.3, -0.25) is 0 Å². The van der Waals surface area contributed by atoms with Crippen molar-refractivity contribution in [2.75, 3.05) is 17.2 Å². The van der Waals surface area contributed by atoms with Crippen LogP contribution in [0.3, 0.4) is 0 Å². The summed E-state index contributed by atoms with van der Waals surface area (Å²) in [5.74, 6) is 0. The van der Waals surface area contributed by atoms with Crippen molar-refractivity contribution in [2.45, 2.75) is 43.8 Å². The van der Waals surface area contributed by atoms with Gasteiger partial charge in [-0.05, 0) is 37.5 Å². The number of alkyl halides is 3. The summed E-state index contributed by atoms with van der Waals surface area (Å²) < 4.78 is 38.1. The Hall–Kier alpha value is -1.39. The second-order valence-electron chi connectivity index (χ2n) is 5.55. The highest BCUT2D eigenvalue weighted by Gasteiger charge is 2.36. The maximum absolute atomic E-state index is 12.7. The average Bonchev–Trinajstić information content (AvgIpc) is 2.70. The normalized spacial score (nSPS) is 21.4. The van der Waals surface area contributed by atoms with Gasteiger partial charge in [0.1, 0.15) is 0 Å². The smallest absolute Gasteiger partial charge is 0.383 e. The Morgan fingerprint density at radius 2 is 1.74 bits per heavy atom. The predicted molar refractivity (Wildman–Crippen MR) is 69.4 cm³/mol. The third kappa shape index (κ3) is 2.38. The Bertz CT molecular complexity index is 476. The first kappa shape index (κ1) is 12.6. The van der Waals surface area contributed by atoms with Gasteiger partial charge in [0.25, 0.3) is 0 Å². The second kappa shape index (κ2) is 4.32. The van der Waals surface area contributed by atoms with E-state index in [-0.39, 0.29) is 5.54 Å². The van der Waals surface area contributed by atoms with E-state index < -0.39 is 11.7 Å². The van der Waals surface area contributed by atoms with Crippen molar-refractivity contribution in [3.05, 3.63) is 23.8 Å². The Kier molecular flexibility index (Phi) is 2.87. The van der Waals surface area contributed by atoms with Crippen LogP contribution in [0.4, 0.5) is 24.5 Å². The van der Waals surface area contributed by atoms with E-state index >= 15 is 0 Å². The lowest BCUT2D eigenvalue weighted by Crippen LogP contribution is -2.35. The van der Waals surface area contributed by atoms with Crippen LogP contribution in [-0.2, 0) is 6.18 Å². The van der Waals surface area contributed by atoms with E-state index in [4.69, 9.17) is 0 Å². The zero-order chi connectivity index (χ0) is 13.5. The summed E-state index contributed by atoms with van der Waals surface area (Å²) in [6.45, 7) is 0.724. The van der Waals surface area contributed by atoms with Crippen LogP contribution in [0.25, 0.3) is 0 Å². The van der Waals surface area contributed by atoms with Gasteiger partial charge < -0.3 is 10.6 Å². The van der Waals surface area contributed by atoms with Crippen molar-refractivity contribution in [3.63, 3.8) is 0 Å². The van der Waals surface area contributed by atoms with Crippen molar-refractivity contribution in [3.8, 4) is 0 Å². The van der Waals surface area contributed by atoms with E-state index in [2.05, 4.69) is 10.6 Å². The topological polar surface area (TPSA) is 24.1 Å². The summed E-state index contributed by atoms with van der Waals surface area (Å²) in [7, 11) is 0. The molecule has 5 heteroatoms. The number of anilines is 2. The van der Waals surface area contributed by atoms with E-state index in [0.29, 0.717) is 5.69 Å². The summed E-state index contributed by atoms with van der Waals surface area (Å²) in [6.07, 6.45) is 1.29. The van der Waals surface area contributed by atoms with E-state index in [1.165, 1.54) is 18.9 Å². The zero-order valence-corrected chi connectivity index (χ0v) is 10.6. The third-order valence-corrected chi connectivity index (χ3v) is 4.23. The van der Waals surface area contributed by atoms with Crippen LogP contribution in [0.15, 0.2) is 18.2 Å². The molecule has 19 heavy (non-hydrogen) atoms. The summed E-state index contributed by atoms with van der Waals surface area (Å²) in [5.41, 5.74) is 0.853. The molecule has 0 atom stereocenters. The number of fused-ring (bicyclic) bond motifs is 1. The number of hydrogen-bond donors (Lipinski definition) is 2. The molecule has 1 fully saturated rings. The van der Waals surface area contributed by atoms with Gasteiger partial charge in [-0.25, -0.2) is 0 Å². The Morgan fingerprint density at radius 3 is 2.42 bits per heavy atom. The molecule has 3 rings (SSSR count). The molecule has 2 N–H and O–H groups in total. The SMILES string of the molecule is FC(F)(F)c1ccc2c(c1)NCCC1(CCCC1)N2. The first-order valence-electron chi connectivity index (χ1n) is 6.72. The largest absolute Gasteiger partial charge is 0.416 e. The summed E-state index contributed by atoms with van der Waals surface area (Å²) in [4.78, 5) is 0. The maximum atomic E-state index is 12.7.